The molecule has 0 radical (unpaired) electrons. The molecule has 23 heavy (non-hydrogen) atoms. The molecule has 0 saturated heterocycles. The third kappa shape index (κ3) is 3.54. The molecule has 0 heterocycles. The standard InChI is InChI=1S/C21H22O2/c1-3-20-19(9-6-10-21(20)22-2)15-23-14-16-11-12-17-7-4-5-8-18(17)13-16/h4-13H,3,14-15H2,1-2H3. The molecule has 0 spiro atoms. The number of rotatable bonds is 6. The molecular formula is C21H22O2. The molecule has 0 N–H and O–H groups in total. The summed E-state index contributed by atoms with van der Waals surface area (Å²) in [5.74, 6) is 0.944. The molecular weight excluding hydrogens is 284 g/mol. The van der Waals surface area contributed by atoms with Crippen molar-refractivity contribution in [3.8, 4) is 5.75 Å². The molecule has 3 aromatic rings. The number of fused-ring (bicyclic) bond motifs is 1. The second kappa shape index (κ2) is 7.30. The number of methoxy groups -OCH3 is 1. The molecule has 0 atom stereocenters. The molecule has 2 nitrogen and oxygen atoms in total. The van der Waals surface area contributed by atoms with Crippen LogP contribution in [0.4, 0.5) is 0 Å². The van der Waals surface area contributed by atoms with Crippen molar-refractivity contribution in [2.75, 3.05) is 7.11 Å². The Morgan fingerprint density at radius 1 is 0.826 bits per heavy atom. The summed E-state index contributed by atoms with van der Waals surface area (Å²) in [6, 6.07) is 21.0. The topological polar surface area (TPSA) is 18.5 Å². The first-order chi connectivity index (χ1) is 11.3. The minimum Gasteiger partial charge on any atom is -0.496 e. The highest BCUT2D eigenvalue weighted by molar-refractivity contribution is 5.82. The zero-order valence-corrected chi connectivity index (χ0v) is 13.7. The fraction of sp³-hybridized carbons (Fsp3) is 0.238. The molecule has 0 amide bonds. The van der Waals surface area contributed by atoms with Gasteiger partial charge in [-0.15, -0.1) is 0 Å². The van der Waals surface area contributed by atoms with Crippen LogP contribution < -0.4 is 4.74 Å². The molecule has 0 aliphatic carbocycles. The summed E-state index contributed by atoms with van der Waals surface area (Å²) in [5, 5.41) is 2.52. The zero-order valence-electron chi connectivity index (χ0n) is 13.7. The van der Waals surface area contributed by atoms with Crippen LogP contribution in [0.25, 0.3) is 10.8 Å². The number of hydrogen-bond acceptors (Lipinski definition) is 2. The van der Waals surface area contributed by atoms with E-state index in [4.69, 9.17) is 9.47 Å². The van der Waals surface area contributed by atoms with Gasteiger partial charge in [-0.2, -0.15) is 0 Å². The third-order valence-corrected chi connectivity index (χ3v) is 4.14. The Morgan fingerprint density at radius 2 is 1.65 bits per heavy atom. The maximum Gasteiger partial charge on any atom is 0.122 e. The Labute approximate surface area is 137 Å². The first-order valence-electron chi connectivity index (χ1n) is 8.02. The summed E-state index contributed by atoms with van der Waals surface area (Å²) in [7, 11) is 1.72. The zero-order chi connectivity index (χ0) is 16.1. The van der Waals surface area contributed by atoms with Crippen LogP contribution in [0, 0.1) is 0 Å². The van der Waals surface area contributed by atoms with Crippen molar-refractivity contribution in [2.24, 2.45) is 0 Å². The van der Waals surface area contributed by atoms with E-state index in [1.807, 2.05) is 12.1 Å². The van der Waals surface area contributed by atoms with Gasteiger partial charge in [0.25, 0.3) is 0 Å². The second-order valence-corrected chi connectivity index (χ2v) is 5.63. The van der Waals surface area contributed by atoms with Crippen molar-refractivity contribution in [3.63, 3.8) is 0 Å². The van der Waals surface area contributed by atoms with Crippen molar-refractivity contribution >= 4 is 10.8 Å². The lowest BCUT2D eigenvalue weighted by Crippen LogP contribution is -2.00. The largest absolute Gasteiger partial charge is 0.496 e. The summed E-state index contributed by atoms with van der Waals surface area (Å²) in [6.07, 6.45) is 0.943. The Kier molecular flexibility index (Phi) is 4.94. The van der Waals surface area contributed by atoms with Crippen molar-refractivity contribution in [2.45, 2.75) is 26.6 Å². The van der Waals surface area contributed by atoms with E-state index in [-0.39, 0.29) is 0 Å². The van der Waals surface area contributed by atoms with E-state index in [0.717, 1.165) is 12.2 Å². The van der Waals surface area contributed by atoms with E-state index in [2.05, 4.69) is 55.5 Å². The van der Waals surface area contributed by atoms with Crippen molar-refractivity contribution < 1.29 is 9.47 Å². The Balaban J connectivity index is 1.69. The number of hydrogen-bond donors (Lipinski definition) is 0. The molecule has 0 aromatic heterocycles. The van der Waals surface area contributed by atoms with Gasteiger partial charge in [-0.3, -0.25) is 0 Å². The van der Waals surface area contributed by atoms with Gasteiger partial charge in [0.15, 0.2) is 0 Å². The predicted molar refractivity (Wildman–Crippen MR) is 94.8 cm³/mol. The summed E-state index contributed by atoms with van der Waals surface area (Å²) in [4.78, 5) is 0. The lowest BCUT2D eigenvalue weighted by Gasteiger charge is -2.13. The first kappa shape index (κ1) is 15.6. The SMILES string of the molecule is CCc1c(COCc2ccc3ccccc3c2)cccc1OC. The molecule has 118 valence electrons. The van der Waals surface area contributed by atoms with E-state index in [1.54, 1.807) is 7.11 Å². The lowest BCUT2D eigenvalue weighted by atomic mass is 10.0. The van der Waals surface area contributed by atoms with E-state index in [0.29, 0.717) is 13.2 Å². The first-order valence-corrected chi connectivity index (χ1v) is 8.02. The highest BCUT2D eigenvalue weighted by Crippen LogP contribution is 2.24. The van der Waals surface area contributed by atoms with Gasteiger partial charge < -0.3 is 9.47 Å². The van der Waals surface area contributed by atoms with Gasteiger partial charge in [-0.1, -0.05) is 55.5 Å². The molecule has 3 aromatic carbocycles. The van der Waals surface area contributed by atoms with Crippen molar-refractivity contribution in [1.82, 2.24) is 0 Å². The maximum absolute atomic E-state index is 5.94. The Hall–Kier alpha value is -2.32. The molecule has 0 bridgehead atoms. The van der Waals surface area contributed by atoms with E-state index < -0.39 is 0 Å². The molecule has 2 heteroatoms. The van der Waals surface area contributed by atoms with Crippen LogP contribution in [-0.2, 0) is 24.4 Å². The van der Waals surface area contributed by atoms with Gasteiger partial charge in [-0.25, -0.2) is 0 Å². The van der Waals surface area contributed by atoms with Gasteiger partial charge in [0, 0.05) is 0 Å². The van der Waals surface area contributed by atoms with Crippen molar-refractivity contribution in [1.29, 1.82) is 0 Å². The van der Waals surface area contributed by atoms with Crippen LogP contribution in [0.15, 0.2) is 60.7 Å². The van der Waals surface area contributed by atoms with Gasteiger partial charge in [0.05, 0.1) is 20.3 Å². The van der Waals surface area contributed by atoms with Crippen LogP contribution >= 0.6 is 0 Å². The quantitative estimate of drug-likeness (QED) is 0.628. The number of ether oxygens (including phenoxy) is 2. The van der Waals surface area contributed by atoms with Crippen LogP contribution in [-0.4, -0.2) is 7.11 Å². The summed E-state index contributed by atoms with van der Waals surface area (Å²) >= 11 is 0. The van der Waals surface area contributed by atoms with Gasteiger partial charge in [-0.05, 0) is 46.0 Å². The Bertz CT molecular complexity index is 793. The van der Waals surface area contributed by atoms with Crippen LogP contribution in [0.3, 0.4) is 0 Å². The van der Waals surface area contributed by atoms with E-state index in [9.17, 15) is 0 Å². The molecule has 0 aliphatic rings. The maximum atomic E-state index is 5.94. The fourth-order valence-electron chi connectivity index (χ4n) is 2.95. The molecule has 0 fully saturated rings. The van der Waals surface area contributed by atoms with Crippen LogP contribution in [0.2, 0.25) is 0 Å². The predicted octanol–water partition coefficient (Wildman–Crippen LogP) is 5.13. The monoisotopic (exact) mass is 306 g/mol. The average molecular weight is 306 g/mol. The van der Waals surface area contributed by atoms with E-state index >= 15 is 0 Å². The van der Waals surface area contributed by atoms with E-state index in [1.165, 1.54) is 27.5 Å². The minimum absolute atomic E-state index is 0.604. The third-order valence-electron chi connectivity index (χ3n) is 4.14. The molecule has 3 rings (SSSR count). The molecule has 0 saturated carbocycles. The second-order valence-electron chi connectivity index (χ2n) is 5.63. The summed E-state index contributed by atoms with van der Waals surface area (Å²) < 4.78 is 11.4. The molecule has 0 unspecified atom stereocenters. The Morgan fingerprint density at radius 3 is 2.43 bits per heavy atom. The van der Waals surface area contributed by atoms with Crippen LogP contribution in [0.1, 0.15) is 23.6 Å². The van der Waals surface area contributed by atoms with Gasteiger partial charge >= 0.3 is 0 Å². The van der Waals surface area contributed by atoms with Gasteiger partial charge in [0.2, 0.25) is 0 Å². The summed E-state index contributed by atoms with van der Waals surface area (Å²) in [5.41, 5.74) is 3.63. The normalized spacial score (nSPS) is 10.9. The lowest BCUT2D eigenvalue weighted by molar-refractivity contribution is 0.106. The minimum atomic E-state index is 0.604. The number of benzene rings is 3. The smallest absolute Gasteiger partial charge is 0.122 e. The highest BCUT2D eigenvalue weighted by Gasteiger charge is 2.07. The molecule has 0 aliphatic heterocycles. The highest BCUT2D eigenvalue weighted by atomic mass is 16.5. The van der Waals surface area contributed by atoms with Gasteiger partial charge in [0.1, 0.15) is 5.75 Å². The van der Waals surface area contributed by atoms with Crippen LogP contribution in [0.5, 0.6) is 5.75 Å². The van der Waals surface area contributed by atoms with Crippen molar-refractivity contribution in [3.05, 3.63) is 77.4 Å². The fourth-order valence-corrected chi connectivity index (χ4v) is 2.95. The average Bonchev–Trinajstić information content (AvgIpc) is 2.61. The summed E-state index contributed by atoms with van der Waals surface area (Å²) in [6.45, 7) is 3.36.